The summed E-state index contributed by atoms with van der Waals surface area (Å²) >= 11 is 0. The van der Waals surface area contributed by atoms with E-state index >= 15 is 0 Å². The van der Waals surface area contributed by atoms with Crippen molar-refractivity contribution in [2.75, 3.05) is 17.5 Å². The average molecular weight is 614 g/mol. The molecule has 230 valence electrons. The zero-order valence-corrected chi connectivity index (χ0v) is 25.2. The molecule has 1 saturated carbocycles. The van der Waals surface area contributed by atoms with Gasteiger partial charge < -0.3 is 15.0 Å². The molecule has 1 aliphatic rings. The van der Waals surface area contributed by atoms with Gasteiger partial charge in [0.05, 0.1) is 17.2 Å². The molecule has 0 aliphatic heterocycles. The summed E-state index contributed by atoms with van der Waals surface area (Å²) in [5.74, 6) is -1.53. The molecule has 1 fully saturated rings. The monoisotopic (exact) mass is 613 g/mol. The fourth-order valence-electron chi connectivity index (χ4n) is 5.08. The van der Waals surface area contributed by atoms with E-state index in [0.717, 1.165) is 60.7 Å². The third-order valence-electron chi connectivity index (χ3n) is 7.50. The number of amides is 2. The van der Waals surface area contributed by atoms with Crippen molar-refractivity contribution in [3.63, 3.8) is 0 Å². The van der Waals surface area contributed by atoms with Crippen molar-refractivity contribution >= 4 is 27.5 Å². The van der Waals surface area contributed by atoms with Gasteiger partial charge in [0.25, 0.3) is 10.0 Å². The van der Waals surface area contributed by atoms with Crippen LogP contribution in [0.1, 0.15) is 51.5 Å². The van der Waals surface area contributed by atoms with Crippen LogP contribution in [0, 0.1) is 11.6 Å². The van der Waals surface area contributed by atoms with Crippen LogP contribution in [0.15, 0.2) is 77.7 Å². The number of nitrogens with zero attached hydrogens (tertiary/aromatic N) is 2. The molecule has 0 heterocycles. The Hall–Kier alpha value is -3.99. The number of benzene rings is 3. The number of carbonyl (C=O) groups excluding carboxylic acids is 2. The number of carbonyl (C=O) groups is 2. The van der Waals surface area contributed by atoms with Crippen LogP contribution in [0.4, 0.5) is 14.5 Å². The quantitative estimate of drug-likeness (QED) is 0.294. The SMILES string of the molecule is CCOc1ccc(N(CC(=O)N(Cc2ccc(F)cc2)[C@H](C)C(=O)NC2CCCCC2)S(=O)(=O)c2ccc(F)cc2)cc1. The van der Waals surface area contributed by atoms with E-state index in [1.165, 1.54) is 41.3 Å². The van der Waals surface area contributed by atoms with Gasteiger partial charge >= 0.3 is 0 Å². The lowest BCUT2D eigenvalue weighted by Gasteiger charge is -2.33. The Balaban J connectivity index is 1.67. The Labute approximate surface area is 251 Å². The van der Waals surface area contributed by atoms with E-state index in [1.54, 1.807) is 19.1 Å². The maximum absolute atomic E-state index is 14.0. The van der Waals surface area contributed by atoms with Crippen LogP contribution in [-0.2, 0) is 26.2 Å². The zero-order valence-electron chi connectivity index (χ0n) is 24.3. The standard InChI is InChI=1S/C32H37F2N3O5S/c1-3-42-29-17-15-28(16-18-29)37(43(40,41)30-19-13-26(34)14-20-30)22-31(38)36(21-24-9-11-25(33)12-10-24)23(2)32(39)35-27-7-5-4-6-8-27/h9-20,23,27H,3-8,21-22H2,1-2H3,(H,35,39)/t23-/m1/s1. The summed E-state index contributed by atoms with van der Waals surface area (Å²) in [6, 6.07) is 15.1. The Morgan fingerprint density at radius 1 is 0.907 bits per heavy atom. The molecule has 0 saturated heterocycles. The molecular weight excluding hydrogens is 576 g/mol. The first-order valence-corrected chi connectivity index (χ1v) is 15.9. The number of hydrogen-bond acceptors (Lipinski definition) is 5. The summed E-state index contributed by atoms with van der Waals surface area (Å²) in [6.07, 6.45) is 4.84. The number of anilines is 1. The first-order chi connectivity index (χ1) is 20.6. The molecule has 11 heteroatoms. The minimum atomic E-state index is -4.34. The highest BCUT2D eigenvalue weighted by Gasteiger charge is 2.33. The van der Waals surface area contributed by atoms with Crippen LogP contribution in [0.5, 0.6) is 5.75 Å². The van der Waals surface area contributed by atoms with Crippen molar-refractivity contribution in [3.05, 3.63) is 90.0 Å². The minimum Gasteiger partial charge on any atom is -0.494 e. The summed E-state index contributed by atoms with van der Waals surface area (Å²) in [4.78, 5) is 28.5. The number of rotatable bonds is 12. The number of nitrogens with one attached hydrogen (secondary N) is 1. The molecule has 4 rings (SSSR count). The summed E-state index contributed by atoms with van der Waals surface area (Å²) < 4.78 is 61.4. The van der Waals surface area contributed by atoms with Crippen molar-refractivity contribution in [1.82, 2.24) is 10.2 Å². The molecule has 1 N–H and O–H groups in total. The predicted molar refractivity (Wildman–Crippen MR) is 160 cm³/mol. The second-order valence-corrected chi connectivity index (χ2v) is 12.4. The number of ether oxygens (including phenoxy) is 1. The summed E-state index contributed by atoms with van der Waals surface area (Å²) in [5, 5.41) is 3.04. The van der Waals surface area contributed by atoms with E-state index in [-0.39, 0.29) is 29.1 Å². The van der Waals surface area contributed by atoms with E-state index in [9.17, 15) is 26.8 Å². The van der Waals surface area contributed by atoms with E-state index in [1.807, 2.05) is 6.92 Å². The second kappa shape index (κ2) is 14.5. The van der Waals surface area contributed by atoms with Crippen molar-refractivity contribution in [1.29, 1.82) is 0 Å². The molecule has 3 aromatic rings. The van der Waals surface area contributed by atoms with Crippen molar-refractivity contribution < 1.29 is 31.5 Å². The molecule has 0 spiro atoms. The summed E-state index contributed by atoms with van der Waals surface area (Å²) in [7, 11) is -4.34. The van der Waals surface area contributed by atoms with E-state index in [0.29, 0.717) is 17.9 Å². The van der Waals surface area contributed by atoms with Gasteiger partial charge in [0.2, 0.25) is 11.8 Å². The molecule has 2 amide bonds. The molecule has 1 aliphatic carbocycles. The summed E-state index contributed by atoms with van der Waals surface area (Å²) in [6.45, 7) is 3.13. The van der Waals surface area contributed by atoms with E-state index < -0.39 is 40.2 Å². The highest BCUT2D eigenvalue weighted by molar-refractivity contribution is 7.92. The normalized spacial score (nSPS) is 14.5. The minimum absolute atomic E-state index is 0.00526. The van der Waals surface area contributed by atoms with Gasteiger partial charge in [0, 0.05) is 12.6 Å². The molecular formula is C32H37F2N3O5S. The average Bonchev–Trinajstić information content (AvgIpc) is 3.00. The van der Waals surface area contributed by atoms with E-state index in [2.05, 4.69) is 5.32 Å². The lowest BCUT2D eigenvalue weighted by Crippen LogP contribution is -2.53. The van der Waals surface area contributed by atoms with Gasteiger partial charge in [0.1, 0.15) is 30.0 Å². The highest BCUT2D eigenvalue weighted by Crippen LogP contribution is 2.27. The predicted octanol–water partition coefficient (Wildman–Crippen LogP) is 5.43. The molecule has 3 aromatic carbocycles. The maximum Gasteiger partial charge on any atom is 0.264 e. The second-order valence-electron chi connectivity index (χ2n) is 10.6. The van der Waals surface area contributed by atoms with Gasteiger partial charge in [-0.1, -0.05) is 31.4 Å². The molecule has 8 nitrogen and oxygen atoms in total. The fourth-order valence-corrected chi connectivity index (χ4v) is 6.49. The van der Waals surface area contributed by atoms with Gasteiger partial charge in [0.15, 0.2) is 0 Å². The molecule has 0 aromatic heterocycles. The molecule has 0 bridgehead atoms. The Kier molecular flexibility index (Phi) is 10.7. The van der Waals surface area contributed by atoms with Gasteiger partial charge in [-0.2, -0.15) is 0 Å². The zero-order chi connectivity index (χ0) is 31.0. The third-order valence-corrected chi connectivity index (χ3v) is 9.29. The van der Waals surface area contributed by atoms with Gasteiger partial charge in [-0.3, -0.25) is 13.9 Å². The Morgan fingerprint density at radius 2 is 1.49 bits per heavy atom. The number of hydrogen-bond donors (Lipinski definition) is 1. The maximum atomic E-state index is 14.0. The Bertz CT molecular complexity index is 1480. The number of sulfonamides is 1. The lowest BCUT2D eigenvalue weighted by molar-refractivity contribution is -0.139. The molecule has 0 radical (unpaired) electrons. The third kappa shape index (κ3) is 8.31. The smallest absolute Gasteiger partial charge is 0.264 e. The van der Waals surface area contributed by atoms with Crippen LogP contribution >= 0.6 is 0 Å². The largest absolute Gasteiger partial charge is 0.494 e. The molecule has 43 heavy (non-hydrogen) atoms. The van der Waals surface area contributed by atoms with Crippen LogP contribution < -0.4 is 14.4 Å². The number of halogens is 2. The first kappa shape index (κ1) is 31.9. The highest BCUT2D eigenvalue weighted by atomic mass is 32.2. The fraction of sp³-hybridized carbons (Fsp3) is 0.375. The first-order valence-electron chi connectivity index (χ1n) is 14.4. The van der Waals surface area contributed by atoms with Crippen LogP contribution in [0.25, 0.3) is 0 Å². The van der Waals surface area contributed by atoms with Gasteiger partial charge in [-0.15, -0.1) is 0 Å². The lowest BCUT2D eigenvalue weighted by atomic mass is 9.95. The van der Waals surface area contributed by atoms with Gasteiger partial charge in [-0.05, 0) is 92.9 Å². The van der Waals surface area contributed by atoms with Crippen molar-refractivity contribution in [2.24, 2.45) is 0 Å². The molecule has 1 atom stereocenters. The van der Waals surface area contributed by atoms with Crippen LogP contribution in [0.2, 0.25) is 0 Å². The molecule has 0 unspecified atom stereocenters. The van der Waals surface area contributed by atoms with E-state index in [4.69, 9.17) is 4.74 Å². The van der Waals surface area contributed by atoms with Crippen molar-refractivity contribution in [3.8, 4) is 5.75 Å². The topological polar surface area (TPSA) is 96.0 Å². The van der Waals surface area contributed by atoms with Crippen LogP contribution in [-0.4, -0.2) is 50.4 Å². The van der Waals surface area contributed by atoms with Crippen molar-refractivity contribution in [2.45, 2.75) is 69.5 Å². The summed E-state index contributed by atoms with van der Waals surface area (Å²) in [5.41, 5.74) is 0.753. The van der Waals surface area contributed by atoms with Gasteiger partial charge in [-0.25, -0.2) is 17.2 Å². The van der Waals surface area contributed by atoms with Crippen LogP contribution in [0.3, 0.4) is 0 Å². The Morgan fingerprint density at radius 3 is 2.07 bits per heavy atom.